The summed E-state index contributed by atoms with van der Waals surface area (Å²) in [4.78, 5) is 6.50. The highest BCUT2D eigenvalue weighted by Gasteiger charge is 2.11. The van der Waals surface area contributed by atoms with Gasteiger partial charge in [-0.3, -0.25) is 0 Å². The van der Waals surface area contributed by atoms with Crippen molar-refractivity contribution in [3.05, 3.63) is 18.3 Å². The Morgan fingerprint density at radius 3 is 2.88 bits per heavy atom. The van der Waals surface area contributed by atoms with E-state index in [0.717, 1.165) is 37.5 Å². The number of aliphatic hydroxyl groups is 1. The smallest absolute Gasteiger partial charge is 0.171 e. The molecule has 0 amide bonds. The highest BCUT2D eigenvalue weighted by atomic mass is 16.5. The van der Waals surface area contributed by atoms with Crippen LogP contribution in [0.15, 0.2) is 18.3 Å². The maximum absolute atomic E-state index is 8.89. The lowest BCUT2D eigenvalue weighted by Crippen LogP contribution is -2.26. The lowest BCUT2D eigenvalue weighted by Gasteiger charge is -2.23. The average molecular weight is 238 g/mol. The van der Waals surface area contributed by atoms with Crippen molar-refractivity contribution in [2.45, 2.75) is 26.7 Å². The largest absolute Gasteiger partial charge is 0.490 e. The molecule has 17 heavy (non-hydrogen) atoms. The Balaban J connectivity index is 2.77. The molecular formula is C13H22N2O2. The molecule has 0 aromatic carbocycles. The molecule has 0 aliphatic rings. The second-order valence-electron chi connectivity index (χ2n) is 3.83. The molecule has 0 aliphatic carbocycles. The van der Waals surface area contributed by atoms with E-state index in [-0.39, 0.29) is 6.61 Å². The molecule has 0 aliphatic heterocycles. The predicted octanol–water partition coefficient (Wildman–Crippen LogP) is 2.08. The van der Waals surface area contributed by atoms with Crippen LogP contribution in [0.5, 0.6) is 5.75 Å². The van der Waals surface area contributed by atoms with Crippen molar-refractivity contribution in [1.29, 1.82) is 0 Å². The van der Waals surface area contributed by atoms with Gasteiger partial charge in [-0.2, -0.15) is 0 Å². The van der Waals surface area contributed by atoms with Gasteiger partial charge in [0.05, 0.1) is 6.61 Å². The van der Waals surface area contributed by atoms with Gasteiger partial charge in [0.25, 0.3) is 0 Å². The maximum Gasteiger partial charge on any atom is 0.171 e. The Labute approximate surface area is 103 Å². The van der Waals surface area contributed by atoms with Crippen LogP contribution in [0.25, 0.3) is 0 Å². The number of anilines is 1. The molecular weight excluding hydrogens is 216 g/mol. The molecule has 4 nitrogen and oxygen atoms in total. The van der Waals surface area contributed by atoms with Crippen LogP contribution < -0.4 is 9.64 Å². The van der Waals surface area contributed by atoms with Gasteiger partial charge in [-0.05, 0) is 31.9 Å². The van der Waals surface area contributed by atoms with E-state index < -0.39 is 0 Å². The van der Waals surface area contributed by atoms with E-state index in [1.165, 1.54) is 0 Å². The fraction of sp³-hybridized carbons (Fsp3) is 0.615. The van der Waals surface area contributed by atoms with Crippen LogP contribution in [0.3, 0.4) is 0 Å². The van der Waals surface area contributed by atoms with Crippen molar-refractivity contribution in [2.75, 3.05) is 31.2 Å². The number of nitrogens with zero attached hydrogens (tertiary/aromatic N) is 2. The van der Waals surface area contributed by atoms with Gasteiger partial charge in [0.2, 0.25) is 0 Å². The first-order valence-corrected chi connectivity index (χ1v) is 6.27. The molecule has 96 valence electrons. The number of rotatable bonds is 8. The molecule has 0 spiro atoms. The first-order valence-electron chi connectivity index (χ1n) is 6.27. The zero-order chi connectivity index (χ0) is 12.5. The van der Waals surface area contributed by atoms with Crippen molar-refractivity contribution in [2.24, 2.45) is 0 Å². The zero-order valence-corrected chi connectivity index (χ0v) is 10.7. The maximum atomic E-state index is 8.89. The summed E-state index contributed by atoms with van der Waals surface area (Å²) in [6, 6.07) is 3.83. The number of pyridine rings is 1. The van der Waals surface area contributed by atoms with Gasteiger partial charge in [0.1, 0.15) is 0 Å². The minimum Gasteiger partial charge on any atom is -0.490 e. The first-order chi connectivity index (χ1) is 8.33. The zero-order valence-electron chi connectivity index (χ0n) is 10.7. The minimum absolute atomic E-state index is 0.203. The summed E-state index contributed by atoms with van der Waals surface area (Å²) in [5.41, 5.74) is 0. The lowest BCUT2D eigenvalue weighted by atomic mass is 10.3. The number of hydrogen-bond donors (Lipinski definition) is 1. The quantitative estimate of drug-likeness (QED) is 0.753. The van der Waals surface area contributed by atoms with E-state index >= 15 is 0 Å². The average Bonchev–Trinajstić information content (AvgIpc) is 2.38. The summed E-state index contributed by atoms with van der Waals surface area (Å²) >= 11 is 0. The van der Waals surface area contributed by atoms with E-state index in [1.54, 1.807) is 6.20 Å². The summed E-state index contributed by atoms with van der Waals surface area (Å²) in [5, 5.41) is 8.89. The standard InChI is InChI=1S/C13H22N2O2/c1-3-11-17-12-7-5-8-14-13(12)15(4-2)9-6-10-16/h5,7-8,16H,3-4,6,9-11H2,1-2H3. The van der Waals surface area contributed by atoms with Crippen LogP contribution in [0.4, 0.5) is 5.82 Å². The lowest BCUT2D eigenvalue weighted by molar-refractivity contribution is 0.288. The third kappa shape index (κ3) is 4.23. The molecule has 1 rings (SSSR count). The van der Waals surface area contributed by atoms with Gasteiger partial charge in [-0.15, -0.1) is 0 Å². The number of ether oxygens (including phenoxy) is 1. The summed E-state index contributed by atoms with van der Waals surface area (Å²) in [6.45, 7) is 6.73. The van der Waals surface area contributed by atoms with Crippen molar-refractivity contribution in [1.82, 2.24) is 4.98 Å². The third-order valence-electron chi connectivity index (χ3n) is 2.48. The predicted molar refractivity (Wildman–Crippen MR) is 69.6 cm³/mol. The van der Waals surface area contributed by atoms with Crippen LogP contribution in [0, 0.1) is 0 Å². The van der Waals surface area contributed by atoms with Crippen LogP contribution >= 0.6 is 0 Å². The van der Waals surface area contributed by atoms with E-state index in [2.05, 4.69) is 23.7 Å². The molecule has 0 unspecified atom stereocenters. The fourth-order valence-corrected chi connectivity index (χ4v) is 1.62. The van der Waals surface area contributed by atoms with E-state index in [9.17, 15) is 0 Å². The van der Waals surface area contributed by atoms with Gasteiger partial charge >= 0.3 is 0 Å². The van der Waals surface area contributed by atoms with Crippen molar-refractivity contribution < 1.29 is 9.84 Å². The number of hydrogen-bond acceptors (Lipinski definition) is 4. The molecule has 0 bridgehead atoms. The van der Waals surface area contributed by atoms with Crippen LogP contribution in [0.2, 0.25) is 0 Å². The molecule has 1 aromatic rings. The second kappa shape index (κ2) is 7.90. The third-order valence-corrected chi connectivity index (χ3v) is 2.48. The summed E-state index contributed by atoms with van der Waals surface area (Å²) < 4.78 is 5.68. The van der Waals surface area contributed by atoms with E-state index in [0.29, 0.717) is 6.61 Å². The Bertz CT molecular complexity index is 318. The van der Waals surface area contributed by atoms with Gasteiger partial charge in [-0.1, -0.05) is 6.92 Å². The molecule has 1 N–H and O–H groups in total. The Hall–Kier alpha value is -1.29. The minimum atomic E-state index is 0.203. The topological polar surface area (TPSA) is 45.6 Å². The number of aromatic nitrogens is 1. The normalized spacial score (nSPS) is 10.3. The Morgan fingerprint density at radius 1 is 1.41 bits per heavy atom. The second-order valence-corrected chi connectivity index (χ2v) is 3.83. The highest BCUT2D eigenvalue weighted by Crippen LogP contribution is 2.25. The van der Waals surface area contributed by atoms with Crippen LogP contribution in [0.1, 0.15) is 26.7 Å². The molecule has 0 saturated carbocycles. The van der Waals surface area contributed by atoms with Crippen molar-refractivity contribution >= 4 is 5.82 Å². The van der Waals surface area contributed by atoms with Gasteiger partial charge in [0.15, 0.2) is 11.6 Å². The fourth-order valence-electron chi connectivity index (χ4n) is 1.62. The van der Waals surface area contributed by atoms with Crippen molar-refractivity contribution in [3.63, 3.8) is 0 Å². The van der Waals surface area contributed by atoms with Crippen LogP contribution in [-0.4, -0.2) is 36.4 Å². The van der Waals surface area contributed by atoms with Crippen molar-refractivity contribution in [3.8, 4) is 5.75 Å². The molecule has 1 aromatic heterocycles. The van der Waals surface area contributed by atoms with Crippen LogP contribution in [-0.2, 0) is 0 Å². The molecule has 4 heteroatoms. The highest BCUT2D eigenvalue weighted by molar-refractivity contribution is 5.51. The summed E-state index contributed by atoms with van der Waals surface area (Å²) in [7, 11) is 0. The van der Waals surface area contributed by atoms with Gasteiger partial charge in [-0.25, -0.2) is 4.98 Å². The van der Waals surface area contributed by atoms with Gasteiger partial charge in [0, 0.05) is 25.9 Å². The molecule has 0 saturated heterocycles. The Morgan fingerprint density at radius 2 is 2.24 bits per heavy atom. The molecule has 0 atom stereocenters. The molecule has 0 fully saturated rings. The van der Waals surface area contributed by atoms with Gasteiger partial charge < -0.3 is 14.7 Å². The Kier molecular flexibility index (Phi) is 6.40. The summed E-state index contributed by atoms with van der Waals surface area (Å²) in [5.74, 6) is 1.70. The molecule has 1 heterocycles. The SMILES string of the molecule is CCCOc1cccnc1N(CC)CCCO. The monoisotopic (exact) mass is 238 g/mol. The van der Waals surface area contributed by atoms with E-state index in [1.807, 2.05) is 12.1 Å². The molecule has 0 radical (unpaired) electrons. The first kappa shape index (κ1) is 13.8. The number of aliphatic hydroxyl groups excluding tert-OH is 1. The van der Waals surface area contributed by atoms with E-state index in [4.69, 9.17) is 9.84 Å². The summed E-state index contributed by atoms with van der Waals surface area (Å²) in [6.07, 6.45) is 3.50.